The molecule has 0 radical (unpaired) electrons. The molecule has 0 fully saturated rings. The molecule has 0 aliphatic rings. The number of aryl methyl sites for hydroxylation is 1. The first-order valence-corrected chi connectivity index (χ1v) is 8.44. The highest BCUT2D eigenvalue weighted by Gasteiger charge is 2.16. The van der Waals surface area contributed by atoms with Crippen LogP contribution < -0.4 is 4.90 Å². The highest BCUT2D eigenvalue weighted by atomic mass is 19.1. The van der Waals surface area contributed by atoms with E-state index in [2.05, 4.69) is 4.98 Å². The van der Waals surface area contributed by atoms with E-state index in [-0.39, 0.29) is 11.7 Å². The summed E-state index contributed by atoms with van der Waals surface area (Å²) in [4.78, 5) is 20.9. The molecule has 26 heavy (non-hydrogen) atoms. The Bertz CT molecular complexity index is 951. The molecule has 3 aromatic rings. The SMILES string of the molecule is Cc1nc2cc(F)ccc2cc1C(=O)N(C)Cc1ccc(N(C)C)cc1. The summed E-state index contributed by atoms with van der Waals surface area (Å²) in [7, 11) is 5.76. The normalized spacial score (nSPS) is 10.8. The lowest BCUT2D eigenvalue weighted by molar-refractivity contribution is 0.0784. The highest BCUT2D eigenvalue weighted by Crippen LogP contribution is 2.20. The second kappa shape index (κ2) is 7.12. The van der Waals surface area contributed by atoms with Crippen LogP contribution in [0.25, 0.3) is 10.9 Å². The summed E-state index contributed by atoms with van der Waals surface area (Å²) in [5.41, 5.74) is 3.87. The first-order valence-electron chi connectivity index (χ1n) is 8.44. The molecule has 0 atom stereocenters. The fourth-order valence-corrected chi connectivity index (χ4v) is 2.90. The molecule has 0 saturated heterocycles. The van der Waals surface area contributed by atoms with Gasteiger partial charge in [-0.2, -0.15) is 0 Å². The van der Waals surface area contributed by atoms with Crippen LogP contribution in [0.15, 0.2) is 48.5 Å². The monoisotopic (exact) mass is 351 g/mol. The summed E-state index contributed by atoms with van der Waals surface area (Å²) < 4.78 is 13.4. The van der Waals surface area contributed by atoms with Crippen molar-refractivity contribution in [2.24, 2.45) is 0 Å². The number of fused-ring (bicyclic) bond motifs is 1. The van der Waals surface area contributed by atoms with Crippen LogP contribution >= 0.6 is 0 Å². The van der Waals surface area contributed by atoms with Gasteiger partial charge in [0.1, 0.15) is 5.82 Å². The van der Waals surface area contributed by atoms with E-state index in [0.29, 0.717) is 23.3 Å². The predicted octanol–water partition coefficient (Wildman–Crippen LogP) is 4.02. The van der Waals surface area contributed by atoms with Crippen molar-refractivity contribution in [3.05, 3.63) is 71.2 Å². The average Bonchev–Trinajstić information content (AvgIpc) is 2.60. The summed E-state index contributed by atoms with van der Waals surface area (Å²) in [5, 5.41) is 0.754. The van der Waals surface area contributed by atoms with Crippen molar-refractivity contribution in [1.82, 2.24) is 9.88 Å². The molecular weight excluding hydrogens is 329 g/mol. The fraction of sp³-hybridized carbons (Fsp3) is 0.238. The number of carbonyl (C=O) groups excluding carboxylic acids is 1. The molecule has 2 aromatic carbocycles. The number of rotatable bonds is 4. The molecule has 1 heterocycles. The van der Waals surface area contributed by atoms with Crippen molar-refractivity contribution >= 4 is 22.5 Å². The minimum atomic E-state index is -0.332. The van der Waals surface area contributed by atoms with Gasteiger partial charge in [0, 0.05) is 44.8 Å². The predicted molar refractivity (Wildman–Crippen MR) is 103 cm³/mol. The molecule has 4 nitrogen and oxygen atoms in total. The van der Waals surface area contributed by atoms with E-state index in [1.807, 2.05) is 43.3 Å². The maximum atomic E-state index is 13.4. The standard InChI is InChI=1S/C21H22FN3O/c1-14-19(11-16-7-8-17(22)12-20(16)23-14)21(26)25(4)13-15-5-9-18(10-6-15)24(2)3/h5-12H,13H2,1-4H3. The van der Waals surface area contributed by atoms with Crippen molar-refractivity contribution < 1.29 is 9.18 Å². The Morgan fingerprint density at radius 3 is 2.38 bits per heavy atom. The van der Waals surface area contributed by atoms with Crippen molar-refractivity contribution in [2.75, 3.05) is 26.0 Å². The lowest BCUT2D eigenvalue weighted by atomic mass is 10.1. The fourth-order valence-electron chi connectivity index (χ4n) is 2.90. The van der Waals surface area contributed by atoms with Gasteiger partial charge in [-0.3, -0.25) is 9.78 Å². The lowest BCUT2D eigenvalue weighted by Crippen LogP contribution is -2.27. The van der Waals surface area contributed by atoms with Gasteiger partial charge in [0.05, 0.1) is 16.8 Å². The number of hydrogen-bond donors (Lipinski definition) is 0. The van der Waals surface area contributed by atoms with E-state index >= 15 is 0 Å². The van der Waals surface area contributed by atoms with E-state index in [9.17, 15) is 9.18 Å². The number of aromatic nitrogens is 1. The van der Waals surface area contributed by atoms with Gasteiger partial charge in [-0.25, -0.2) is 4.39 Å². The third kappa shape index (κ3) is 3.67. The van der Waals surface area contributed by atoms with Gasteiger partial charge in [0.25, 0.3) is 5.91 Å². The van der Waals surface area contributed by atoms with Crippen LogP contribution in [0.3, 0.4) is 0 Å². The van der Waals surface area contributed by atoms with Crippen molar-refractivity contribution in [3.63, 3.8) is 0 Å². The second-order valence-corrected chi connectivity index (χ2v) is 6.68. The van der Waals surface area contributed by atoms with Gasteiger partial charge in [-0.15, -0.1) is 0 Å². The Hall–Kier alpha value is -2.95. The Morgan fingerprint density at radius 2 is 1.73 bits per heavy atom. The number of carbonyl (C=O) groups is 1. The summed E-state index contributed by atoms with van der Waals surface area (Å²) in [6.45, 7) is 2.28. The van der Waals surface area contributed by atoms with Crippen molar-refractivity contribution in [3.8, 4) is 0 Å². The number of anilines is 1. The molecule has 0 unspecified atom stereocenters. The van der Waals surface area contributed by atoms with Crippen LogP contribution in [0.1, 0.15) is 21.6 Å². The topological polar surface area (TPSA) is 36.4 Å². The third-order valence-corrected chi connectivity index (χ3v) is 4.42. The van der Waals surface area contributed by atoms with Crippen LogP contribution in [0.2, 0.25) is 0 Å². The van der Waals surface area contributed by atoms with Gasteiger partial charge < -0.3 is 9.80 Å². The summed E-state index contributed by atoms with van der Waals surface area (Å²) >= 11 is 0. The van der Waals surface area contributed by atoms with Gasteiger partial charge in [0.15, 0.2) is 0 Å². The third-order valence-electron chi connectivity index (χ3n) is 4.42. The number of pyridine rings is 1. The van der Waals surface area contributed by atoms with Crippen molar-refractivity contribution in [1.29, 1.82) is 0 Å². The van der Waals surface area contributed by atoms with Crippen LogP contribution in [-0.4, -0.2) is 36.9 Å². The van der Waals surface area contributed by atoms with Crippen molar-refractivity contribution in [2.45, 2.75) is 13.5 Å². The molecule has 0 bridgehead atoms. The summed E-state index contributed by atoms with van der Waals surface area (Å²) in [6, 6.07) is 14.3. The Morgan fingerprint density at radius 1 is 1.04 bits per heavy atom. The van der Waals surface area contributed by atoms with Gasteiger partial charge in [-0.05, 0) is 42.8 Å². The van der Waals surface area contributed by atoms with E-state index < -0.39 is 0 Å². The van der Waals surface area contributed by atoms with E-state index in [0.717, 1.165) is 16.6 Å². The zero-order valence-corrected chi connectivity index (χ0v) is 15.5. The first-order chi connectivity index (χ1) is 12.3. The minimum absolute atomic E-state index is 0.0992. The largest absolute Gasteiger partial charge is 0.378 e. The minimum Gasteiger partial charge on any atom is -0.378 e. The number of benzene rings is 2. The average molecular weight is 351 g/mol. The molecular formula is C21H22FN3O. The number of nitrogens with zero attached hydrogens (tertiary/aromatic N) is 3. The highest BCUT2D eigenvalue weighted by molar-refractivity contribution is 5.98. The van der Waals surface area contributed by atoms with Crippen LogP contribution in [-0.2, 0) is 6.54 Å². The molecule has 3 rings (SSSR count). The molecule has 0 aliphatic heterocycles. The zero-order chi connectivity index (χ0) is 18.8. The smallest absolute Gasteiger partial charge is 0.255 e. The first kappa shape index (κ1) is 17.9. The number of amides is 1. The molecule has 5 heteroatoms. The maximum absolute atomic E-state index is 13.4. The van der Waals surface area contributed by atoms with Gasteiger partial charge >= 0.3 is 0 Å². The molecule has 0 aliphatic carbocycles. The maximum Gasteiger partial charge on any atom is 0.255 e. The van der Waals surface area contributed by atoms with E-state index in [1.165, 1.54) is 12.1 Å². The Labute approximate surface area is 152 Å². The number of hydrogen-bond acceptors (Lipinski definition) is 3. The number of halogens is 1. The second-order valence-electron chi connectivity index (χ2n) is 6.68. The molecule has 0 saturated carbocycles. The van der Waals surface area contributed by atoms with Crippen LogP contribution in [0.5, 0.6) is 0 Å². The molecule has 0 spiro atoms. The van der Waals surface area contributed by atoms with E-state index in [1.54, 1.807) is 31.0 Å². The molecule has 134 valence electrons. The van der Waals surface area contributed by atoms with Crippen LogP contribution in [0.4, 0.5) is 10.1 Å². The zero-order valence-electron chi connectivity index (χ0n) is 15.5. The van der Waals surface area contributed by atoms with Crippen LogP contribution in [0, 0.1) is 12.7 Å². The van der Waals surface area contributed by atoms with Gasteiger partial charge in [0.2, 0.25) is 0 Å². The summed E-state index contributed by atoms with van der Waals surface area (Å²) in [6.07, 6.45) is 0. The Balaban J connectivity index is 1.82. The lowest BCUT2D eigenvalue weighted by Gasteiger charge is -2.19. The Kier molecular flexibility index (Phi) is 4.89. The summed E-state index contributed by atoms with van der Waals surface area (Å²) in [5.74, 6) is -0.431. The van der Waals surface area contributed by atoms with Gasteiger partial charge in [-0.1, -0.05) is 12.1 Å². The van der Waals surface area contributed by atoms with E-state index in [4.69, 9.17) is 0 Å². The molecule has 0 N–H and O–H groups in total. The molecule has 1 amide bonds. The quantitative estimate of drug-likeness (QED) is 0.712. The molecule has 1 aromatic heterocycles.